The van der Waals surface area contributed by atoms with Crippen LogP contribution in [0, 0.1) is 6.92 Å². The van der Waals surface area contributed by atoms with Crippen molar-refractivity contribution in [1.29, 1.82) is 0 Å². The van der Waals surface area contributed by atoms with E-state index in [1.807, 2.05) is 44.2 Å². The Morgan fingerprint density at radius 3 is 2.75 bits per heavy atom. The summed E-state index contributed by atoms with van der Waals surface area (Å²) in [5.74, 6) is 0.0660. The van der Waals surface area contributed by atoms with Gasteiger partial charge in [0.1, 0.15) is 20.9 Å². The molecule has 6 nitrogen and oxygen atoms in total. The van der Waals surface area contributed by atoms with Crippen LogP contribution in [0.15, 0.2) is 54.9 Å². The lowest BCUT2D eigenvalue weighted by atomic mass is 10.1. The number of carbonyl (C=O) groups is 1. The molecule has 1 N–H and O–H groups in total. The van der Waals surface area contributed by atoms with E-state index in [0.717, 1.165) is 32.2 Å². The molecule has 140 valence electrons. The Morgan fingerprint density at radius 2 is 1.93 bits per heavy atom. The molecular weight excluding hydrogens is 372 g/mol. The van der Waals surface area contributed by atoms with Crippen LogP contribution in [0.4, 0.5) is 5.69 Å². The minimum atomic E-state index is -0.261. The molecule has 1 aromatic carbocycles. The van der Waals surface area contributed by atoms with Crippen molar-refractivity contribution in [2.75, 3.05) is 11.9 Å². The van der Waals surface area contributed by atoms with E-state index >= 15 is 0 Å². The molecule has 4 rings (SSSR count). The van der Waals surface area contributed by atoms with Crippen LogP contribution in [-0.2, 0) is 0 Å². The zero-order valence-corrected chi connectivity index (χ0v) is 16.3. The third-order valence-electron chi connectivity index (χ3n) is 4.28. The maximum Gasteiger partial charge on any atom is 0.261 e. The van der Waals surface area contributed by atoms with Crippen molar-refractivity contribution in [2.24, 2.45) is 0 Å². The first kappa shape index (κ1) is 18.1. The van der Waals surface area contributed by atoms with Crippen molar-refractivity contribution in [3.05, 3.63) is 66.0 Å². The summed E-state index contributed by atoms with van der Waals surface area (Å²) in [6.07, 6.45) is 3.37. The lowest BCUT2D eigenvalue weighted by Gasteiger charge is -2.13. The Bertz CT molecular complexity index is 1120. The largest absolute Gasteiger partial charge is 0.477 e. The monoisotopic (exact) mass is 390 g/mol. The number of nitrogens with one attached hydrogen (secondary N) is 1. The van der Waals surface area contributed by atoms with Gasteiger partial charge in [0.25, 0.3) is 5.91 Å². The van der Waals surface area contributed by atoms with Gasteiger partial charge < -0.3 is 10.1 Å². The minimum absolute atomic E-state index is 0.261. The second-order valence-corrected chi connectivity index (χ2v) is 7.05. The van der Waals surface area contributed by atoms with Crippen LogP contribution in [0.5, 0.6) is 5.88 Å². The number of amides is 1. The number of fused-ring (bicyclic) bond motifs is 1. The van der Waals surface area contributed by atoms with E-state index in [1.165, 1.54) is 11.3 Å². The number of pyridine rings is 2. The molecule has 0 aliphatic carbocycles. The molecule has 0 aliphatic rings. The van der Waals surface area contributed by atoms with Gasteiger partial charge in [0.15, 0.2) is 0 Å². The van der Waals surface area contributed by atoms with Crippen molar-refractivity contribution in [2.45, 2.75) is 13.8 Å². The average Bonchev–Trinajstić information content (AvgIpc) is 3.14. The predicted molar refractivity (Wildman–Crippen MR) is 111 cm³/mol. The van der Waals surface area contributed by atoms with Crippen LogP contribution in [0.3, 0.4) is 0 Å². The molecule has 3 heterocycles. The van der Waals surface area contributed by atoms with Crippen LogP contribution in [0.2, 0.25) is 0 Å². The van der Waals surface area contributed by atoms with Gasteiger partial charge >= 0.3 is 0 Å². The number of ether oxygens (including phenoxy) is 1. The number of thiazole rings is 1. The maximum atomic E-state index is 12.8. The molecule has 0 radical (unpaired) electrons. The first-order valence-corrected chi connectivity index (χ1v) is 9.69. The van der Waals surface area contributed by atoms with Crippen molar-refractivity contribution in [3.63, 3.8) is 0 Å². The molecule has 0 saturated heterocycles. The summed E-state index contributed by atoms with van der Waals surface area (Å²) in [5.41, 5.74) is 3.90. The summed E-state index contributed by atoms with van der Waals surface area (Å²) in [7, 11) is 0. The molecule has 28 heavy (non-hydrogen) atoms. The number of hydrogen-bond acceptors (Lipinski definition) is 6. The predicted octanol–water partition coefficient (Wildman–Crippen LogP) is 4.71. The Morgan fingerprint density at radius 1 is 1.11 bits per heavy atom. The van der Waals surface area contributed by atoms with Gasteiger partial charge in [-0.1, -0.05) is 23.5 Å². The second-order valence-electron chi connectivity index (χ2n) is 6.07. The molecule has 0 spiro atoms. The van der Waals surface area contributed by atoms with E-state index in [1.54, 1.807) is 24.5 Å². The molecule has 0 saturated carbocycles. The molecule has 0 fully saturated rings. The summed E-state index contributed by atoms with van der Waals surface area (Å²) in [6, 6.07) is 13.0. The van der Waals surface area contributed by atoms with Crippen LogP contribution in [-0.4, -0.2) is 27.5 Å². The summed E-state index contributed by atoms with van der Waals surface area (Å²) >= 11 is 1.53. The standard InChI is InChI=1S/C21H18N4O2S/c1-3-27-19-15(8-5-11-22-19)18(26)24-16-9-4-7-14(13(16)2)20-25-17-10-6-12-23-21(17)28-20/h4-12H,3H2,1-2H3,(H,24,26). The number of anilines is 1. The minimum Gasteiger partial charge on any atom is -0.477 e. The maximum absolute atomic E-state index is 12.8. The van der Waals surface area contributed by atoms with E-state index < -0.39 is 0 Å². The quantitative estimate of drug-likeness (QED) is 0.534. The topological polar surface area (TPSA) is 77.0 Å². The highest BCUT2D eigenvalue weighted by atomic mass is 32.1. The number of hydrogen-bond donors (Lipinski definition) is 1. The van der Waals surface area contributed by atoms with Gasteiger partial charge in [0.05, 0.1) is 6.61 Å². The zero-order valence-electron chi connectivity index (χ0n) is 15.5. The van der Waals surface area contributed by atoms with Crippen LogP contribution in [0.25, 0.3) is 20.9 Å². The fourth-order valence-corrected chi connectivity index (χ4v) is 3.88. The molecule has 0 unspecified atom stereocenters. The molecule has 0 atom stereocenters. The van der Waals surface area contributed by atoms with Crippen molar-refractivity contribution < 1.29 is 9.53 Å². The number of carbonyl (C=O) groups excluding carboxylic acids is 1. The fourth-order valence-electron chi connectivity index (χ4n) is 2.89. The first-order valence-electron chi connectivity index (χ1n) is 8.88. The second kappa shape index (κ2) is 7.74. The smallest absolute Gasteiger partial charge is 0.261 e. The van der Waals surface area contributed by atoms with E-state index in [9.17, 15) is 4.79 Å². The molecular formula is C21H18N4O2S. The first-order chi connectivity index (χ1) is 13.7. The summed E-state index contributed by atoms with van der Waals surface area (Å²) in [5, 5.41) is 3.85. The van der Waals surface area contributed by atoms with E-state index in [4.69, 9.17) is 4.74 Å². The number of nitrogens with zero attached hydrogens (tertiary/aromatic N) is 3. The van der Waals surface area contributed by atoms with Crippen molar-refractivity contribution in [1.82, 2.24) is 15.0 Å². The highest BCUT2D eigenvalue weighted by molar-refractivity contribution is 7.21. The highest BCUT2D eigenvalue weighted by Gasteiger charge is 2.16. The van der Waals surface area contributed by atoms with E-state index in [-0.39, 0.29) is 5.91 Å². The van der Waals surface area contributed by atoms with Gasteiger partial charge in [-0.05, 0) is 49.7 Å². The average molecular weight is 390 g/mol. The van der Waals surface area contributed by atoms with Crippen molar-refractivity contribution in [3.8, 4) is 16.5 Å². The molecule has 7 heteroatoms. The SMILES string of the molecule is CCOc1ncccc1C(=O)Nc1cccc(-c2nc3cccnc3s2)c1C. The lowest BCUT2D eigenvalue weighted by Crippen LogP contribution is -2.15. The van der Waals surface area contributed by atoms with Gasteiger partial charge in [-0.25, -0.2) is 15.0 Å². The Labute approximate surface area is 166 Å². The van der Waals surface area contributed by atoms with Gasteiger partial charge in [-0.15, -0.1) is 0 Å². The summed E-state index contributed by atoms with van der Waals surface area (Å²) in [6.45, 7) is 4.27. The molecule has 0 bridgehead atoms. The molecule has 0 aliphatic heterocycles. The summed E-state index contributed by atoms with van der Waals surface area (Å²) in [4.78, 5) is 26.9. The zero-order chi connectivity index (χ0) is 19.5. The molecule has 3 aromatic heterocycles. The van der Waals surface area contributed by atoms with Gasteiger partial charge in [-0.3, -0.25) is 4.79 Å². The Balaban J connectivity index is 1.66. The normalized spacial score (nSPS) is 10.8. The van der Waals surface area contributed by atoms with Crippen LogP contribution in [0.1, 0.15) is 22.8 Å². The molecule has 4 aromatic rings. The highest BCUT2D eigenvalue weighted by Crippen LogP contribution is 2.34. The third-order valence-corrected chi connectivity index (χ3v) is 5.29. The van der Waals surface area contributed by atoms with Gasteiger partial charge in [-0.2, -0.15) is 0 Å². The lowest BCUT2D eigenvalue weighted by molar-refractivity contribution is 0.102. The van der Waals surface area contributed by atoms with Crippen LogP contribution >= 0.6 is 11.3 Å². The Kier molecular flexibility index (Phi) is 4.99. The molecule has 1 amide bonds. The number of benzene rings is 1. The fraction of sp³-hybridized carbons (Fsp3) is 0.143. The Hall–Kier alpha value is -3.32. The van der Waals surface area contributed by atoms with E-state index in [2.05, 4.69) is 20.3 Å². The van der Waals surface area contributed by atoms with E-state index in [0.29, 0.717) is 18.1 Å². The van der Waals surface area contributed by atoms with Gasteiger partial charge in [0.2, 0.25) is 5.88 Å². The third kappa shape index (κ3) is 3.44. The van der Waals surface area contributed by atoms with Crippen LogP contribution < -0.4 is 10.1 Å². The number of rotatable bonds is 5. The number of aromatic nitrogens is 3. The summed E-state index contributed by atoms with van der Waals surface area (Å²) < 4.78 is 5.47. The van der Waals surface area contributed by atoms with Gasteiger partial charge in [0, 0.05) is 23.6 Å². The van der Waals surface area contributed by atoms with Crippen molar-refractivity contribution >= 4 is 33.3 Å².